The molecule has 0 atom stereocenters. The minimum atomic E-state index is -3.84. The van der Waals surface area contributed by atoms with Crippen LogP contribution >= 0.6 is 23.2 Å². The van der Waals surface area contributed by atoms with E-state index < -0.39 is 16.0 Å². The number of sulfonamides is 1. The number of hydrogen-bond donors (Lipinski definition) is 1. The van der Waals surface area contributed by atoms with Crippen LogP contribution in [0.2, 0.25) is 10.0 Å². The Hall–Kier alpha value is -2.38. The summed E-state index contributed by atoms with van der Waals surface area (Å²) in [6, 6.07) is 19.0. The van der Waals surface area contributed by atoms with Crippen LogP contribution in [-0.4, -0.2) is 23.8 Å². The van der Waals surface area contributed by atoms with Gasteiger partial charge < -0.3 is 5.11 Å². The van der Waals surface area contributed by atoms with E-state index in [1.165, 1.54) is 40.7 Å². The van der Waals surface area contributed by atoms with Gasteiger partial charge in [0.25, 0.3) is 0 Å². The molecule has 0 fully saturated rings. The lowest BCUT2D eigenvalue weighted by Gasteiger charge is -2.23. The van der Waals surface area contributed by atoms with E-state index in [1.807, 2.05) is 0 Å². The highest BCUT2D eigenvalue weighted by atomic mass is 35.5. The molecule has 3 aromatic rings. The molecule has 1 N–H and O–H groups in total. The fourth-order valence-corrected chi connectivity index (χ4v) is 4.53. The van der Waals surface area contributed by atoms with Gasteiger partial charge in [-0.2, -0.15) is 4.31 Å². The van der Waals surface area contributed by atoms with E-state index in [-0.39, 0.29) is 23.5 Å². The van der Waals surface area contributed by atoms with Gasteiger partial charge in [-0.3, -0.25) is 0 Å². The highest BCUT2D eigenvalue weighted by Crippen LogP contribution is 2.24. The van der Waals surface area contributed by atoms with Crippen LogP contribution in [0, 0.1) is 0 Å². The summed E-state index contributed by atoms with van der Waals surface area (Å²) < 4.78 is 27.9. The molecular formula is C21H17Cl2NO4S. The lowest BCUT2D eigenvalue weighted by molar-refractivity contribution is 0.0697. The van der Waals surface area contributed by atoms with Gasteiger partial charge >= 0.3 is 5.97 Å². The first kappa shape index (κ1) is 21.3. The molecule has 0 aliphatic rings. The maximum Gasteiger partial charge on any atom is 0.335 e. The topological polar surface area (TPSA) is 74.7 Å². The molecular weight excluding hydrogens is 433 g/mol. The number of aromatic carboxylic acids is 1. The Morgan fingerprint density at radius 1 is 0.828 bits per heavy atom. The van der Waals surface area contributed by atoms with Gasteiger partial charge in [0.05, 0.1) is 10.5 Å². The summed E-state index contributed by atoms with van der Waals surface area (Å²) in [6.07, 6.45) is 0. The Morgan fingerprint density at radius 3 is 2.03 bits per heavy atom. The fraction of sp³-hybridized carbons (Fsp3) is 0.0952. The summed E-state index contributed by atoms with van der Waals surface area (Å²) in [5.41, 5.74) is 1.53. The average Bonchev–Trinajstić information content (AvgIpc) is 2.68. The molecule has 0 aliphatic heterocycles. The maximum atomic E-state index is 13.3. The van der Waals surface area contributed by atoms with Crippen molar-refractivity contribution in [1.82, 2.24) is 4.31 Å². The zero-order valence-corrected chi connectivity index (χ0v) is 17.5. The molecule has 0 unspecified atom stereocenters. The summed E-state index contributed by atoms with van der Waals surface area (Å²) >= 11 is 11.9. The third kappa shape index (κ3) is 5.36. The van der Waals surface area contributed by atoms with Crippen LogP contribution in [0.15, 0.2) is 77.7 Å². The zero-order chi connectivity index (χ0) is 21.0. The maximum absolute atomic E-state index is 13.3. The number of hydrogen-bond acceptors (Lipinski definition) is 3. The molecule has 0 heterocycles. The van der Waals surface area contributed by atoms with Gasteiger partial charge in [0.15, 0.2) is 0 Å². The first-order chi connectivity index (χ1) is 13.8. The number of nitrogens with zero attached hydrogens (tertiary/aromatic N) is 1. The largest absolute Gasteiger partial charge is 0.478 e. The normalized spacial score (nSPS) is 11.6. The lowest BCUT2D eigenvalue weighted by atomic mass is 10.1. The van der Waals surface area contributed by atoms with Crippen molar-refractivity contribution in [3.63, 3.8) is 0 Å². The highest BCUT2D eigenvalue weighted by molar-refractivity contribution is 7.89. The standard InChI is InChI=1S/C21H17Cl2NO4S/c22-18-8-10-20(11-9-18)29(27,28)24(14-16-2-1-3-19(23)12-16)13-15-4-6-17(7-5-15)21(25)26/h1-12H,13-14H2,(H,25,26). The molecule has 3 aromatic carbocycles. The second-order valence-corrected chi connectivity index (χ2v) is 9.17. The Kier molecular flexibility index (Phi) is 6.59. The number of rotatable bonds is 7. The first-order valence-corrected chi connectivity index (χ1v) is 10.8. The van der Waals surface area contributed by atoms with Crippen LogP contribution in [0.5, 0.6) is 0 Å². The minimum Gasteiger partial charge on any atom is -0.478 e. The first-order valence-electron chi connectivity index (χ1n) is 8.58. The van der Waals surface area contributed by atoms with E-state index in [2.05, 4.69) is 0 Å². The molecule has 29 heavy (non-hydrogen) atoms. The second-order valence-electron chi connectivity index (χ2n) is 6.36. The second kappa shape index (κ2) is 8.97. The van der Waals surface area contributed by atoms with Gasteiger partial charge in [-0.25, -0.2) is 13.2 Å². The van der Waals surface area contributed by atoms with Crippen LogP contribution in [0.1, 0.15) is 21.5 Å². The van der Waals surface area contributed by atoms with Crippen molar-refractivity contribution in [3.8, 4) is 0 Å². The quantitative estimate of drug-likeness (QED) is 0.545. The average molecular weight is 450 g/mol. The van der Waals surface area contributed by atoms with E-state index >= 15 is 0 Å². The lowest BCUT2D eigenvalue weighted by Crippen LogP contribution is -2.30. The molecule has 0 saturated heterocycles. The van der Waals surface area contributed by atoms with Gasteiger partial charge in [-0.05, 0) is 59.7 Å². The van der Waals surface area contributed by atoms with Gasteiger partial charge in [-0.15, -0.1) is 0 Å². The summed E-state index contributed by atoms with van der Waals surface area (Å²) in [6.45, 7) is 0.170. The van der Waals surface area contributed by atoms with Crippen molar-refractivity contribution in [2.24, 2.45) is 0 Å². The molecule has 0 radical (unpaired) electrons. The smallest absolute Gasteiger partial charge is 0.335 e. The molecule has 0 aromatic heterocycles. The van der Waals surface area contributed by atoms with E-state index in [9.17, 15) is 13.2 Å². The Labute approximate surface area is 179 Å². The van der Waals surface area contributed by atoms with Crippen molar-refractivity contribution < 1.29 is 18.3 Å². The monoisotopic (exact) mass is 449 g/mol. The fourth-order valence-electron chi connectivity index (χ4n) is 2.78. The van der Waals surface area contributed by atoms with Gasteiger partial charge in [0.1, 0.15) is 0 Å². The predicted octanol–water partition coefficient (Wildman–Crippen LogP) is 5.08. The van der Waals surface area contributed by atoms with Crippen LogP contribution in [-0.2, 0) is 23.1 Å². The Balaban J connectivity index is 1.96. The van der Waals surface area contributed by atoms with E-state index in [4.69, 9.17) is 28.3 Å². The van der Waals surface area contributed by atoms with E-state index in [1.54, 1.807) is 36.4 Å². The molecule has 150 valence electrons. The molecule has 0 amide bonds. The Bertz CT molecular complexity index is 1110. The number of carboxylic acid groups (broad SMARTS) is 1. The summed E-state index contributed by atoms with van der Waals surface area (Å²) in [5, 5.41) is 10.00. The van der Waals surface area contributed by atoms with Crippen molar-refractivity contribution in [1.29, 1.82) is 0 Å². The van der Waals surface area contributed by atoms with Crippen molar-refractivity contribution in [2.45, 2.75) is 18.0 Å². The van der Waals surface area contributed by atoms with Gasteiger partial charge in [-0.1, -0.05) is 47.5 Å². The third-order valence-electron chi connectivity index (χ3n) is 4.26. The summed E-state index contributed by atoms with van der Waals surface area (Å²) in [5.74, 6) is -1.04. The molecule has 0 bridgehead atoms. The van der Waals surface area contributed by atoms with Crippen LogP contribution in [0.25, 0.3) is 0 Å². The predicted molar refractivity (Wildman–Crippen MR) is 113 cm³/mol. The van der Waals surface area contributed by atoms with Crippen LogP contribution in [0.3, 0.4) is 0 Å². The van der Waals surface area contributed by atoms with E-state index in [0.29, 0.717) is 15.6 Å². The van der Waals surface area contributed by atoms with Crippen LogP contribution in [0.4, 0.5) is 0 Å². The van der Waals surface area contributed by atoms with Gasteiger partial charge in [0.2, 0.25) is 10.0 Å². The number of carboxylic acids is 1. The molecule has 8 heteroatoms. The van der Waals surface area contributed by atoms with Crippen LogP contribution < -0.4 is 0 Å². The summed E-state index contributed by atoms with van der Waals surface area (Å²) in [7, 11) is -3.84. The third-order valence-corrected chi connectivity index (χ3v) is 6.55. The Morgan fingerprint density at radius 2 is 1.45 bits per heavy atom. The zero-order valence-electron chi connectivity index (χ0n) is 15.1. The molecule has 0 aliphatic carbocycles. The number of benzene rings is 3. The van der Waals surface area contributed by atoms with Crippen molar-refractivity contribution in [3.05, 3.63) is 99.5 Å². The SMILES string of the molecule is O=C(O)c1ccc(CN(Cc2cccc(Cl)c2)S(=O)(=O)c2ccc(Cl)cc2)cc1. The molecule has 3 rings (SSSR count). The number of carbonyl (C=O) groups is 1. The summed E-state index contributed by atoms with van der Waals surface area (Å²) in [4.78, 5) is 11.2. The van der Waals surface area contributed by atoms with Crippen molar-refractivity contribution >= 4 is 39.2 Å². The van der Waals surface area contributed by atoms with Crippen molar-refractivity contribution in [2.75, 3.05) is 0 Å². The minimum absolute atomic E-state index is 0.0668. The molecule has 0 saturated carbocycles. The highest BCUT2D eigenvalue weighted by Gasteiger charge is 2.25. The number of halogens is 2. The molecule has 5 nitrogen and oxygen atoms in total. The molecule has 0 spiro atoms. The van der Waals surface area contributed by atoms with Gasteiger partial charge in [0, 0.05) is 23.1 Å². The van der Waals surface area contributed by atoms with E-state index in [0.717, 1.165) is 5.56 Å².